The summed E-state index contributed by atoms with van der Waals surface area (Å²) in [6.45, 7) is 2.30. The molecule has 1 saturated heterocycles. The summed E-state index contributed by atoms with van der Waals surface area (Å²) in [4.78, 5) is 25.7. The zero-order valence-corrected chi connectivity index (χ0v) is 18.7. The fourth-order valence-electron chi connectivity index (χ4n) is 3.46. The van der Waals surface area contributed by atoms with Crippen LogP contribution in [0.15, 0.2) is 47.4 Å². The lowest BCUT2D eigenvalue weighted by molar-refractivity contribution is -0.119. The normalized spacial score (nSPS) is 14.9. The van der Waals surface area contributed by atoms with E-state index in [1.165, 1.54) is 56.4 Å². The third-order valence-electron chi connectivity index (χ3n) is 5.21. The molecule has 1 fully saturated rings. The van der Waals surface area contributed by atoms with Crippen LogP contribution in [0.1, 0.15) is 30.1 Å². The van der Waals surface area contributed by atoms with E-state index in [2.05, 4.69) is 5.32 Å². The number of carbonyl (C=O) groups is 2. The molecule has 0 saturated carbocycles. The Morgan fingerprint density at radius 2 is 1.74 bits per heavy atom. The van der Waals surface area contributed by atoms with Crippen LogP contribution in [0, 0.1) is 5.82 Å². The lowest BCUT2D eigenvalue weighted by Gasteiger charge is -2.32. The Morgan fingerprint density at radius 1 is 1.13 bits per heavy atom. The van der Waals surface area contributed by atoms with Crippen molar-refractivity contribution >= 4 is 39.1 Å². The minimum Gasteiger partial charge on any atom is -0.353 e. The van der Waals surface area contributed by atoms with Gasteiger partial charge in [-0.15, -0.1) is 0 Å². The highest BCUT2D eigenvalue weighted by atomic mass is 35.5. The molecular formula is C21H23ClFN3O4S. The van der Waals surface area contributed by atoms with Crippen LogP contribution in [0.4, 0.5) is 10.1 Å². The van der Waals surface area contributed by atoms with E-state index in [0.717, 1.165) is 4.31 Å². The number of likely N-dealkylation sites (tertiary alicyclic amines) is 1. The standard InChI is InChI=1S/C21H23ClFN3O4S/c1-14(27)24-16-9-11-26(12-10-16)21(28)19-13-18(7-8-20(19)22)31(29,30)25(2)17-5-3-15(23)4-6-17/h3-8,13,16H,9-12H2,1-2H3,(H,24,27). The van der Waals surface area contributed by atoms with Gasteiger partial charge in [-0.3, -0.25) is 13.9 Å². The topological polar surface area (TPSA) is 86.8 Å². The van der Waals surface area contributed by atoms with Crippen LogP contribution in [-0.4, -0.2) is 51.3 Å². The Bertz CT molecular complexity index is 1080. The van der Waals surface area contributed by atoms with Gasteiger partial charge in [0.1, 0.15) is 5.82 Å². The SMILES string of the molecule is CC(=O)NC1CCN(C(=O)c2cc(S(=O)(=O)N(C)c3ccc(F)cc3)ccc2Cl)CC1. The second-order valence-electron chi connectivity index (χ2n) is 7.36. The quantitative estimate of drug-likeness (QED) is 0.732. The van der Waals surface area contributed by atoms with Crippen LogP contribution in [0.25, 0.3) is 0 Å². The summed E-state index contributed by atoms with van der Waals surface area (Å²) < 4.78 is 40.3. The summed E-state index contributed by atoms with van der Waals surface area (Å²) in [7, 11) is -2.64. The predicted octanol–water partition coefficient (Wildman–Crippen LogP) is 3.04. The van der Waals surface area contributed by atoms with Crippen LogP contribution in [0.3, 0.4) is 0 Å². The van der Waals surface area contributed by atoms with Gasteiger partial charge >= 0.3 is 0 Å². The summed E-state index contributed by atoms with van der Waals surface area (Å²) >= 11 is 6.22. The monoisotopic (exact) mass is 467 g/mol. The molecule has 1 aliphatic heterocycles. The Morgan fingerprint density at radius 3 is 2.32 bits per heavy atom. The van der Waals surface area contributed by atoms with Gasteiger partial charge < -0.3 is 10.2 Å². The number of rotatable bonds is 5. The van der Waals surface area contributed by atoms with Crippen molar-refractivity contribution in [2.45, 2.75) is 30.7 Å². The van der Waals surface area contributed by atoms with E-state index in [4.69, 9.17) is 11.6 Å². The van der Waals surface area contributed by atoms with Crippen LogP contribution in [0.2, 0.25) is 5.02 Å². The van der Waals surface area contributed by atoms with E-state index in [1.807, 2.05) is 0 Å². The number of hydrogen-bond donors (Lipinski definition) is 1. The van der Waals surface area contributed by atoms with E-state index in [1.54, 1.807) is 4.90 Å². The summed E-state index contributed by atoms with van der Waals surface area (Å²) in [5, 5.41) is 2.99. The third kappa shape index (κ3) is 5.16. The number of nitrogens with one attached hydrogen (secondary N) is 1. The highest BCUT2D eigenvalue weighted by Crippen LogP contribution is 2.27. The number of amides is 2. The molecule has 2 aromatic carbocycles. The Labute approximate surface area is 185 Å². The molecular weight excluding hydrogens is 445 g/mol. The number of hydrogen-bond acceptors (Lipinski definition) is 4. The second kappa shape index (κ2) is 9.23. The molecule has 0 atom stereocenters. The summed E-state index contributed by atoms with van der Waals surface area (Å²) in [6.07, 6.45) is 1.21. The zero-order valence-electron chi connectivity index (χ0n) is 17.1. The number of benzene rings is 2. The van der Waals surface area contributed by atoms with E-state index >= 15 is 0 Å². The molecule has 1 heterocycles. The summed E-state index contributed by atoms with van der Waals surface area (Å²) in [6, 6.07) is 9.03. The molecule has 2 aromatic rings. The molecule has 0 radical (unpaired) electrons. The molecule has 166 valence electrons. The number of carbonyl (C=O) groups excluding carboxylic acids is 2. The van der Waals surface area contributed by atoms with Crippen molar-refractivity contribution in [2.75, 3.05) is 24.4 Å². The van der Waals surface area contributed by atoms with Gasteiger partial charge in [0.15, 0.2) is 0 Å². The minimum absolute atomic E-state index is 0.00749. The highest BCUT2D eigenvalue weighted by molar-refractivity contribution is 7.92. The van der Waals surface area contributed by atoms with Crippen LogP contribution < -0.4 is 9.62 Å². The Kier molecular flexibility index (Phi) is 6.86. The molecule has 1 aliphatic rings. The lowest BCUT2D eigenvalue weighted by atomic mass is 10.0. The molecule has 10 heteroatoms. The first-order valence-electron chi connectivity index (χ1n) is 9.70. The maximum Gasteiger partial charge on any atom is 0.264 e. The van der Waals surface area contributed by atoms with E-state index in [0.29, 0.717) is 25.9 Å². The van der Waals surface area contributed by atoms with Gasteiger partial charge in [-0.2, -0.15) is 0 Å². The maximum absolute atomic E-state index is 13.2. The summed E-state index contributed by atoms with van der Waals surface area (Å²) in [5.41, 5.74) is 0.373. The molecule has 0 aliphatic carbocycles. The predicted molar refractivity (Wildman–Crippen MR) is 116 cm³/mol. The van der Waals surface area contributed by atoms with Gasteiger partial charge in [-0.1, -0.05) is 11.6 Å². The smallest absolute Gasteiger partial charge is 0.264 e. The van der Waals surface area contributed by atoms with E-state index in [-0.39, 0.29) is 39.0 Å². The molecule has 2 amide bonds. The number of halogens is 2. The van der Waals surface area contributed by atoms with Gasteiger partial charge in [-0.05, 0) is 55.3 Å². The van der Waals surface area contributed by atoms with Crippen LogP contribution >= 0.6 is 11.6 Å². The number of sulfonamides is 1. The lowest BCUT2D eigenvalue weighted by Crippen LogP contribution is -2.46. The Hall–Kier alpha value is -2.65. The number of piperidine rings is 1. The first kappa shape index (κ1) is 23.0. The van der Waals surface area contributed by atoms with Crippen molar-refractivity contribution in [3.8, 4) is 0 Å². The molecule has 0 spiro atoms. The average Bonchev–Trinajstić information content (AvgIpc) is 2.73. The van der Waals surface area contributed by atoms with Crippen LogP contribution in [-0.2, 0) is 14.8 Å². The van der Waals surface area contributed by atoms with Crippen molar-refractivity contribution < 1.29 is 22.4 Å². The summed E-state index contributed by atoms with van der Waals surface area (Å²) in [5.74, 6) is -0.958. The molecule has 31 heavy (non-hydrogen) atoms. The molecule has 3 rings (SSSR count). The fourth-order valence-corrected chi connectivity index (χ4v) is 4.88. The first-order valence-corrected chi connectivity index (χ1v) is 11.5. The van der Waals surface area contributed by atoms with Gasteiger partial charge in [0, 0.05) is 33.1 Å². The van der Waals surface area contributed by atoms with Crippen molar-refractivity contribution in [1.29, 1.82) is 0 Å². The third-order valence-corrected chi connectivity index (χ3v) is 7.32. The minimum atomic E-state index is -4.00. The van der Waals surface area contributed by atoms with Gasteiger partial charge in [0.2, 0.25) is 5.91 Å². The van der Waals surface area contributed by atoms with Crippen molar-refractivity contribution in [3.63, 3.8) is 0 Å². The van der Waals surface area contributed by atoms with Crippen LogP contribution in [0.5, 0.6) is 0 Å². The van der Waals surface area contributed by atoms with E-state index < -0.39 is 15.8 Å². The first-order chi connectivity index (χ1) is 14.6. The van der Waals surface area contributed by atoms with Gasteiger partial charge in [0.05, 0.1) is 21.2 Å². The number of anilines is 1. The number of nitrogens with zero attached hydrogens (tertiary/aromatic N) is 2. The zero-order chi connectivity index (χ0) is 22.8. The fraction of sp³-hybridized carbons (Fsp3) is 0.333. The van der Waals surface area contributed by atoms with Crippen molar-refractivity contribution in [2.24, 2.45) is 0 Å². The molecule has 0 aromatic heterocycles. The van der Waals surface area contributed by atoms with Crippen molar-refractivity contribution in [3.05, 3.63) is 58.9 Å². The van der Waals surface area contributed by atoms with Gasteiger partial charge in [-0.25, -0.2) is 12.8 Å². The Balaban J connectivity index is 1.82. The van der Waals surface area contributed by atoms with E-state index in [9.17, 15) is 22.4 Å². The molecule has 7 nitrogen and oxygen atoms in total. The highest BCUT2D eigenvalue weighted by Gasteiger charge is 2.28. The maximum atomic E-state index is 13.2. The largest absolute Gasteiger partial charge is 0.353 e. The molecule has 1 N–H and O–H groups in total. The average molecular weight is 468 g/mol. The second-order valence-corrected chi connectivity index (χ2v) is 9.73. The van der Waals surface area contributed by atoms with Gasteiger partial charge in [0.25, 0.3) is 15.9 Å². The molecule has 0 unspecified atom stereocenters. The van der Waals surface area contributed by atoms with Crippen molar-refractivity contribution in [1.82, 2.24) is 10.2 Å². The molecule has 0 bridgehead atoms.